The highest BCUT2D eigenvalue weighted by Crippen LogP contribution is 2.26. The van der Waals surface area contributed by atoms with E-state index in [1.54, 1.807) is 25.1 Å². The fourth-order valence-electron chi connectivity index (χ4n) is 2.47. The van der Waals surface area contributed by atoms with Crippen molar-refractivity contribution < 1.29 is 23.8 Å². The van der Waals surface area contributed by atoms with Gasteiger partial charge in [-0.1, -0.05) is 13.3 Å². The Morgan fingerprint density at radius 1 is 1.17 bits per heavy atom. The molecule has 0 aromatic heterocycles. The van der Waals surface area contributed by atoms with Crippen LogP contribution in [0, 0.1) is 0 Å². The number of hydrogen-bond acceptors (Lipinski definition) is 5. The molecule has 6 nitrogen and oxygen atoms in total. The van der Waals surface area contributed by atoms with Gasteiger partial charge < -0.3 is 19.5 Å². The lowest BCUT2D eigenvalue weighted by Gasteiger charge is -2.28. The number of methoxy groups -OCH3 is 1. The summed E-state index contributed by atoms with van der Waals surface area (Å²) >= 11 is 0. The molecule has 0 radical (unpaired) electrons. The minimum atomic E-state index is -0.909. The van der Waals surface area contributed by atoms with E-state index in [2.05, 4.69) is 5.32 Å². The van der Waals surface area contributed by atoms with Crippen LogP contribution in [0.5, 0.6) is 5.75 Å². The van der Waals surface area contributed by atoms with Crippen LogP contribution in [0.1, 0.15) is 50.9 Å². The van der Waals surface area contributed by atoms with E-state index in [9.17, 15) is 9.59 Å². The maximum absolute atomic E-state index is 12.6. The van der Waals surface area contributed by atoms with Crippen LogP contribution in [0.4, 0.5) is 5.69 Å². The van der Waals surface area contributed by atoms with Crippen molar-refractivity contribution in [1.82, 2.24) is 0 Å². The number of ether oxygens (including phenoxy) is 3. The van der Waals surface area contributed by atoms with Gasteiger partial charge in [-0.2, -0.15) is 0 Å². The molecule has 0 saturated heterocycles. The van der Waals surface area contributed by atoms with Gasteiger partial charge in [-0.25, -0.2) is 4.79 Å². The third-order valence-corrected chi connectivity index (χ3v) is 3.61. The van der Waals surface area contributed by atoms with Gasteiger partial charge in [-0.15, -0.1) is 0 Å². The predicted octanol–water partition coefficient (Wildman–Crippen LogP) is 3.41. The molecular formula is C18H27NO5. The van der Waals surface area contributed by atoms with Crippen LogP contribution in [0.3, 0.4) is 0 Å². The second-order valence-corrected chi connectivity index (χ2v) is 5.50. The molecule has 0 fully saturated rings. The number of benzene rings is 1. The lowest BCUT2D eigenvalue weighted by Crippen LogP contribution is -2.42. The summed E-state index contributed by atoms with van der Waals surface area (Å²) in [5, 5.41) is 2.81. The lowest BCUT2D eigenvalue weighted by molar-refractivity contribution is -0.139. The summed E-state index contributed by atoms with van der Waals surface area (Å²) < 4.78 is 15.8. The maximum Gasteiger partial charge on any atom is 0.341 e. The summed E-state index contributed by atoms with van der Waals surface area (Å²) in [7, 11) is 1.30. The number of carbonyl (C=O) groups excluding carboxylic acids is 2. The van der Waals surface area contributed by atoms with E-state index in [0.717, 1.165) is 6.42 Å². The lowest BCUT2D eigenvalue weighted by atomic mass is 9.99. The quantitative estimate of drug-likeness (QED) is 0.699. The number of esters is 1. The Morgan fingerprint density at radius 3 is 2.42 bits per heavy atom. The molecule has 1 aromatic carbocycles. The zero-order valence-electron chi connectivity index (χ0n) is 15.1. The number of amides is 1. The van der Waals surface area contributed by atoms with Crippen LogP contribution in [-0.4, -0.2) is 37.8 Å². The number of hydrogen-bond donors (Lipinski definition) is 1. The Labute approximate surface area is 143 Å². The van der Waals surface area contributed by atoms with Crippen molar-refractivity contribution >= 4 is 17.6 Å². The minimum absolute atomic E-state index is 0.244. The van der Waals surface area contributed by atoms with Gasteiger partial charge in [0.15, 0.2) is 0 Å². The topological polar surface area (TPSA) is 73.9 Å². The molecule has 1 rings (SSSR count). The smallest absolute Gasteiger partial charge is 0.341 e. The molecule has 24 heavy (non-hydrogen) atoms. The third-order valence-electron chi connectivity index (χ3n) is 3.61. The molecule has 1 atom stereocenters. The average Bonchev–Trinajstić information content (AvgIpc) is 2.56. The molecule has 1 aromatic rings. The highest BCUT2D eigenvalue weighted by atomic mass is 16.5. The molecule has 1 N–H and O–H groups in total. The Morgan fingerprint density at radius 2 is 1.88 bits per heavy atom. The first-order valence-electron chi connectivity index (χ1n) is 8.22. The average molecular weight is 337 g/mol. The Balaban J connectivity index is 3.05. The summed E-state index contributed by atoms with van der Waals surface area (Å²) in [4.78, 5) is 24.5. The van der Waals surface area contributed by atoms with E-state index >= 15 is 0 Å². The van der Waals surface area contributed by atoms with Crippen molar-refractivity contribution in [2.75, 3.05) is 25.6 Å². The standard InChI is InChI=1S/C18H27NO5/c1-6-11-18(4,24-8-3)17(21)19-13-9-10-15(23-7-2)14(12-13)16(20)22-5/h9-10,12H,6-8,11H2,1-5H3,(H,19,21). The van der Waals surface area contributed by atoms with E-state index in [-0.39, 0.29) is 11.5 Å². The van der Waals surface area contributed by atoms with Gasteiger partial charge in [0.2, 0.25) is 0 Å². The second-order valence-electron chi connectivity index (χ2n) is 5.50. The number of nitrogens with one attached hydrogen (secondary N) is 1. The molecule has 0 aliphatic carbocycles. The van der Waals surface area contributed by atoms with Crippen LogP contribution in [0.2, 0.25) is 0 Å². The fourth-order valence-corrected chi connectivity index (χ4v) is 2.47. The van der Waals surface area contributed by atoms with Crippen LogP contribution in [0.25, 0.3) is 0 Å². The largest absolute Gasteiger partial charge is 0.493 e. The third kappa shape index (κ3) is 4.96. The van der Waals surface area contributed by atoms with Gasteiger partial charge in [0, 0.05) is 12.3 Å². The number of rotatable bonds is 9. The molecule has 0 aliphatic heterocycles. The summed E-state index contributed by atoms with van der Waals surface area (Å²) in [5.74, 6) is -0.342. The van der Waals surface area contributed by atoms with Gasteiger partial charge in [0.25, 0.3) is 5.91 Å². The monoisotopic (exact) mass is 337 g/mol. The molecule has 0 saturated carbocycles. The van der Waals surface area contributed by atoms with Crippen molar-refractivity contribution in [3.05, 3.63) is 23.8 Å². The maximum atomic E-state index is 12.6. The zero-order chi connectivity index (χ0) is 18.2. The molecule has 1 amide bonds. The first-order valence-corrected chi connectivity index (χ1v) is 8.22. The van der Waals surface area contributed by atoms with E-state index < -0.39 is 11.6 Å². The summed E-state index contributed by atoms with van der Waals surface area (Å²) in [6, 6.07) is 4.88. The van der Waals surface area contributed by atoms with Crippen LogP contribution in [-0.2, 0) is 14.3 Å². The zero-order valence-corrected chi connectivity index (χ0v) is 15.1. The summed E-state index contributed by atoms with van der Waals surface area (Å²) in [6.45, 7) is 8.32. The van der Waals surface area contributed by atoms with Crippen molar-refractivity contribution in [3.8, 4) is 5.75 Å². The molecule has 0 heterocycles. The first kappa shape index (κ1) is 20.0. The van der Waals surface area contributed by atoms with E-state index in [1.807, 2.05) is 20.8 Å². The molecule has 0 spiro atoms. The van der Waals surface area contributed by atoms with Crippen molar-refractivity contribution in [2.45, 2.75) is 46.1 Å². The van der Waals surface area contributed by atoms with Crippen molar-refractivity contribution in [3.63, 3.8) is 0 Å². The normalized spacial score (nSPS) is 13.0. The molecule has 0 bridgehead atoms. The molecular weight excluding hydrogens is 310 g/mol. The fraction of sp³-hybridized carbons (Fsp3) is 0.556. The Bertz CT molecular complexity index is 565. The van der Waals surface area contributed by atoms with Crippen molar-refractivity contribution in [1.29, 1.82) is 0 Å². The summed E-state index contributed by atoms with van der Waals surface area (Å²) in [5.41, 5.74) is -0.148. The number of carbonyl (C=O) groups is 2. The SMILES string of the molecule is CCCC(C)(OCC)C(=O)Nc1ccc(OCC)c(C(=O)OC)c1. The Hall–Kier alpha value is -2.08. The van der Waals surface area contributed by atoms with E-state index in [1.165, 1.54) is 7.11 Å². The van der Waals surface area contributed by atoms with Gasteiger partial charge in [0.1, 0.15) is 16.9 Å². The number of anilines is 1. The van der Waals surface area contributed by atoms with Crippen LogP contribution < -0.4 is 10.1 Å². The molecule has 134 valence electrons. The highest BCUT2D eigenvalue weighted by molar-refractivity contribution is 5.99. The molecule has 1 unspecified atom stereocenters. The molecule has 6 heteroatoms. The predicted molar refractivity (Wildman–Crippen MR) is 92.5 cm³/mol. The minimum Gasteiger partial charge on any atom is -0.493 e. The van der Waals surface area contributed by atoms with E-state index in [4.69, 9.17) is 14.2 Å². The first-order chi connectivity index (χ1) is 11.4. The second kappa shape index (κ2) is 9.27. The van der Waals surface area contributed by atoms with Gasteiger partial charge in [0.05, 0.1) is 13.7 Å². The van der Waals surface area contributed by atoms with Crippen LogP contribution in [0.15, 0.2) is 18.2 Å². The van der Waals surface area contributed by atoms with Crippen LogP contribution >= 0.6 is 0 Å². The van der Waals surface area contributed by atoms with E-state index in [0.29, 0.717) is 31.1 Å². The summed E-state index contributed by atoms with van der Waals surface area (Å²) in [6.07, 6.45) is 1.42. The molecule has 0 aliphatic rings. The highest BCUT2D eigenvalue weighted by Gasteiger charge is 2.33. The Kier molecular flexibility index (Phi) is 7.71. The van der Waals surface area contributed by atoms with Gasteiger partial charge in [-0.05, 0) is 45.4 Å². The van der Waals surface area contributed by atoms with Gasteiger partial charge >= 0.3 is 5.97 Å². The van der Waals surface area contributed by atoms with Gasteiger partial charge in [-0.3, -0.25) is 4.79 Å². The van der Waals surface area contributed by atoms with Crippen molar-refractivity contribution in [2.24, 2.45) is 0 Å².